The van der Waals surface area contributed by atoms with Gasteiger partial charge >= 0.3 is 0 Å². The summed E-state index contributed by atoms with van der Waals surface area (Å²) in [4.78, 5) is 24.8. The maximum atomic E-state index is 14.1. The minimum atomic E-state index is -0.467. The summed E-state index contributed by atoms with van der Waals surface area (Å²) in [6.45, 7) is 4.14. The molecule has 34 heavy (non-hydrogen) atoms. The molecule has 0 fully saturated rings. The fraction of sp³-hybridized carbons (Fsp3) is 0.320. The predicted molar refractivity (Wildman–Crippen MR) is 132 cm³/mol. The molecular weight excluding hydrogens is 457 g/mol. The highest BCUT2D eigenvalue weighted by Gasteiger charge is 2.15. The Morgan fingerprint density at radius 2 is 1.97 bits per heavy atom. The third-order valence-corrected chi connectivity index (χ3v) is 6.08. The number of methoxy groups -OCH3 is 1. The monoisotopic (exact) mass is 485 g/mol. The van der Waals surface area contributed by atoms with Crippen LogP contribution in [0.1, 0.15) is 49.0 Å². The van der Waals surface area contributed by atoms with E-state index in [9.17, 15) is 14.0 Å². The Kier molecular flexibility index (Phi) is 8.98. The number of amides is 2. The van der Waals surface area contributed by atoms with Crippen molar-refractivity contribution in [2.75, 3.05) is 20.3 Å². The lowest BCUT2D eigenvalue weighted by atomic mass is 10.0. The number of carbonyl (C=O) groups excluding carboxylic acids is 2. The topological polar surface area (TPSA) is 89.0 Å². The third-order valence-electron chi connectivity index (χ3n) is 5.08. The Morgan fingerprint density at radius 1 is 1.15 bits per heavy atom. The molecule has 3 aromatic rings. The minimum absolute atomic E-state index is 0.252. The molecule has 0 atom stereocenters. The molecular formula is C25H28FN3O4S. The molecule has 2 amide bonds. The highest BCUT2D eigenvalue weighted by atomic mass is 32.1. The molecule has 9 heteroatoms. The van der Waals surface area contributed by atoms with Crippen molar-refractivity contribution in [1.29, 1.82) is 0 Å². The minimum Gasteiger partial charge on any atom is -0.493 e. The molecule has 3 rings (SSSR count). The Bertz CT molecular complexity index is 1190. The molecule has 1 aromatic heterocycles. The number of nitrogens with zero attached hydrogens (tertiary/aromatic N) is 1. The van der Waals surface area contributed by atoms with Crippen LogP contribution in [0.15, 0.2) is 46.9 Å². The number of benzene rings is 2. The fourth-order valence-electron chi connectivity index (χ4n) is 3.36. The van der Waals surface area contributed by atoms with E-state index in [2.05, 4.69) is 22.8 Å². The first kappa shape index (κ1) is 25.2. The predicted octanol–water partition coefficient (Wildman–Crippen LogP) is 4.89. The molecule has 2 N–H and O–H groups in total. The van der Waals surface area contributed by atoms with Crippen molar-refractivity contribution >= 4 is 38.9 Å². The van der Waals surface area contributed by atoms with Gasteiger partial charge in [0.15, 0.2) is 11.5 Å². The van der Waals surface area contributed by atoms with Crippen LogP contribution in [-0.4, -0.2) is 37.8 Å². The first-order chi connectivity index (χ1) is 16.5. The van der Waals surface area contributed by atoms with E-state index in [1.807, 2.05) is 18.4 Å². The number of ether oxygens (including phenoxy) is 2. The average molecular weight is 486 g/mol. The Labute approximate surface area is 202 Å². The lowest BCUT2D eigenvalue weighted by molar-refractivity contribution is -0.120. The summed E-state index contributed by atoms with van der Waals surface area (Å²) in [5, 5.41) is 9.51. The van der Waals surface area contributed by atoms with Gasteiger partial charge in [0.1, 0.15) is 5.82 Å². The van der Waals surface area contributed by atoms with Gasteiger partial charge in [-0.1, -0.05) is 25.5 Å². The molecule has 0 aliphatic heterocycles. The van der Waals surface area contributed by atoms with Crippen LogP contribution in [0.4, 0.5) is 4.39 Å². The summed E-state index contributed by atoms with van der Waals surface area (Å²) >= 11 is 1.31. The number of hydrogen-bond acceptors (Lipinski definition) is 6. The van der Waals surface area contributed by atoms with Gasteiger partial charge in [-0.25, -0.2) is 9.82 Å². The van der Waals surface area contributed by atoms with Crippen LogP contribution in [0.3, 0.4) is 0 Å². The Balaban J connectivity index is 1.66. The summed E-state index contributed by atoms with van der Waals surface area (Å²) in [5.41, 5.74) is 4.33. The van der Waals surface area contributed by atoms with Crippen molar-refractivity contribution in [3.63, 3.8) is 0 Å². The molecule has 0 saturated heterocycles. The van der Waals surface area contributed by atoms with Gasteiger partial charge < -0.3 is 14.8 Å². The van der Waals surface area contributed by atoms with Gasteiger partial charge in [0.05, 0.1) is 30.7 Å². The van der Waals surface area contributed by atoms with E-state index in [1.165, 1.54) is 24.5 Å². The first-order valence-corrected chi connectivity index (χ1v) is 12.0. The highest BCUT2D eigenvalue weighted by Crippen LogP contribution is 2.30. The van der Waals surface area contributed by atoms with Crippen LogP contribution in [-0.2, 0) is 4.79 Å². The normalized spacial score (nSPS) is 11.4. The number of hydrazone groups is 1. The molecule has 0 aliphatic rings. The molecule has 1 heterocycles. The number of carbonyl (C=O) groups is 2. The molecule has 180 valence electrons. The number of fused-ring (bicyclic) bond motifs is 1. The van der Waals surface area contributed by atoms with Gasteiger partial charge in [-0.2, -0.15) is 5.10 Å². The van der Waals surface area contributed by atoms with Crippen molar-refractivity contribution in [2.24, 2.45) is 5.10 Å². The number of halogens is 1. The zero-order valence-electron chi connectivity index (χ0n) is 19.4. The van der Waals surface area contributed by atoms with E-state index >= 15 is 0 Å². The van der Waals surface area contributed by atoms with Gasteiger partial charge in [0.2, 0.25) is 0 Å². The van der Waals surface area contributed by atoms with E-state index in [1.54, 1.807) is 24.3 Å². The third kappa shape index (κ3) is 6.11. The number of thiophene rings is 1. The van der Waals surface area contributed by atoms with Crippen LogP contribution in [0, 0.1) is 5.82 Å². The zero-order chi connectivity index (χ0) is 24.5. The highest BCUT2D eigenvalue weighted by molar-refractivity contribution is 7.17. The lowest BCUT2D eigenvalue weighted by Gasteiger charge is -2.11. The maximum absolute atomic E-state index is 14.1. The SMILES string of the molecule is CCCC/C(=N/NC(=O)CNC(=O)c1ccc(OCC)c(OC)c1)c1csc2c(F)cccc12. The van der Waals surface area contributed by atoms with Crippen molar-refractivity contribution in [3.8, 4) is 11.5 Å². The molecule has 0 bridgehead atoms. The number of unbranched alkanes of at least 4 members (excludes halogenated alkanes) is 1. The van der Waals surface area contributed by atoms with Crippen LogP contribution in [0.25, 0.3) is 10.1 Å². The molecule has 2 aromatic carbocycles. The fourth-order valence-corrected chi connectivity index (χ4v) is 4.34. The van der Waals surface area contributed by atoms with Gasteiger partial charge in [-0.15, -0.1) is 11.3 Å². The summed E-state index contributed by atoms with van der Waals surface area (Å²) in [7, 11) is 1.49. The van der Waals surface area contributed by atoms with E-state index in [0.717, 1.165) is 23.8 Å². The van der Waals surface area contributed by atoms with E-state index < -0.39 is 11.8 Å². The first-order valence-electron chi connectivity index (χ1n) is 11.1. The molecule has 0 aliphatic carbocycles. The maximum Gasteiger partial charge on any atom is 0.259 e. The largest absolute Gasteiger partial charge is 0.493 e. The van der Waals surface area contributed by atoms with Crippen molar-refractivity contribution in [2.45, 2.75) is 33.1 Å². The van der Waals surface area contributed by atoms with Crippen LogP contribution >= 0.6 is 11.3 Å². The molecule has 7 nitrogen and oxygen atoms in total. The number of rotatable bonds is 11. The van der Waals surface area contributed by atoms with Gasteiger partial charge in [-0.05, 0) is 44.0 Å². The Hall–Kier alpha value is -3.46. The summed E-state index contributed by atoms with van der Waals surface area (Å²) in [5.74, 6) is -0.198. The Morgan fingerprint density at radius 3 is 2.71 bits per heavy atom. The van der Waals surface area contributed by atoms with Gasteiger partial charge in [-0.3, -0.25) is 9.59 Å². The molecule has 0 spiro atoms. The van der Waals surface area contributed by atoms with Gasteiger partial charge in [0.25, 0.3) is 11.8 Å². The molecule has 0 unspecified atom stereocenters. The quantitative estimate of drug-likeness (QED) is 0.299. The summed E-state index contributed by atoms with van der Waals surface area (Å²) in [6.07, 6.45) is 2.46. The van der Waals surface area contributed by atoms with Crippen LogP contribution in [0.5, 0.6) is 11.5 Å². The van der Waals surface area contributed by atoms with Crippen molar-refractivity contribution in [3.05, 3.63) is 58.7 Å². The van der Waals surface area contributed by atoms with Crippen LogP contribution in [0.2, 0.25) is 0 Å². The lowest BCUT2D eigenvalue weighted by Crippen LogP contribution is -2.35. The second-order valence-corrected chi connectivity index (χ2v) is 8.32. The number of hydrogen-bond donors (Lipinski definition) is 2. The smallest absolute Gasteiger partial charge is 0.259 e. The molecule has 0 saturated carbocycles. The van der Waals surface area contributed by atoms with Crippen LogP contribution < -0.4 is 20.2 Å². The number of nitrogens with one attached hydrogen (secondary N) is 2. The van der Waals surface area contributed by atoms with E-state index in [-0.39, 0.29) is 12.4 Å². The second-order valence-electron chi connectivity index (χ2n) is 7.44. The zero-order valence-corrected chi connectivity index (χ0v) is 20.3. The van der Waals surface area contributed by atoms with Crippen molar-refractivity contribution < 1.29 is 23.5 Å². The van der Waals surface area contributed by atoms with E-state index in [4.69, 9.17) is 9.47 Å². The van der Waals surface area contributed by atoms with Gasteiger partial charge in [0, 0.05) is 21.9 Å². The molecule has 0 radical (unpaired) electrons. The second kappa shape index (κ2) is 12.1. The summed E-state index contributed by atoms with van der Waals surface area (Å²) in [6, 6.07) is 9.74. The standard InChI is InChI=1S/C25H28FN3O4S/c1-4-6-10-20(18-15-34-24-17(18)8-7-9-19(24)26)28-29-23(30)14-27-25(31)16-11-12-21(33-5-2)22(13-16)32-3/h7-9,11-13,15H,4-6,10,14H2,1-3H3,(H,27,31)(H,29,30)/b28-20-. The van der Waals surface area contributed by atoms with E-state index in [0.29, 0.717) is 40.5 Å². The summed E-state index contributed by atoms with van der Waals surface area (Å²) < 4.78 is 25.4. The average Bonchev–Trinajstić information content (AvgIpc) is 3.28. The van der Waals surface area contributed by atoms with Crippen molar-refractivity contribution in [1.82, 2.24) is 10.7 Å².